The number of aromatic nitrogens is 4. The number of H-pyrrole nitrogens is 1. The van der Waals surface area contributed by atoms with Crippen molar-refractivity contribution in [3.05, 3.63) is 62.6 Å². The maximum Gasteiger partial charge on any atom is 0.329 e. The van der Waals surface area contributed by atoms with Crippen LogP contribution in [0, 0.1) is 0 Å². The van der Waals surface area contributed by atoms with Crippen LogP contribution >= 0.6 is 0 Å². The Morgan fingerprint density at radius 1 is 1.06 bits per heavy atom. The molecule has 9 nitrogen and oxygen atoms in total. The Morgan fingerprint density at radius 2 is 1.68 bits per heavy atom. The minimum Gasteiger partial charge on any atom is -0.311 e. The van der Waals surface area contributed by atoms with Crippen molar-refractivity contribution >= 4 is 16.9 Å². The summed E-state index contributed by atoms with van der Waals surface area (Å²) in [5, 5.41) is 0. The molecule has 0 radical (unpaired) electrons. The molecule has 3 aromatic rings. The topological polar surface area (TPSA) is 96.2 Å². The Morgan fingerprint density at radius 3 is 2.29 bits per heavy atom. The summed E-state index contributed by atoms with van der Waals surface area (Å²) in [5.74, 6) is 0.558. The minimum absolute atomic E-state index is 0.0681. The van der Waals surface area contributed by atoms with Gasteiger partial charge in [-0.2, -0.15) is 0 Å². The molecule has 0 bridgehead atoms. The number of hydrogen-bond acceptors (Lipinski definition) is 6. The average molecular weight is 425 g/mol. The quantitative estimate of drug-likeness (QED) is 0.631. The zero-order valence-corrected chi connectivity index (χ0v) is 18.2. The number of benzene rings is 1. The van der Waals surface area contributed by atoms with Gasteiger partial charge >= 0.3 is 5.69 Å². The number of aromatic amines is 1. The summed E-state index contributed by atoms with van der Waals surface area (Å²) in [4.78, 5) is 48.4. The average Bonchev–Trinajstić information content (AvgIpc) is 3.13. The van der Waals surface area contributed by atoms with Crippen LogP contribution < -0.4 is 11.2 Å². The van der Waals surface area contributed by atoms with Gasteiger partial charge in [-0.05, 0) is 19.4 Å². The summed E-state index contributed by atoms with van der Waals surface area (Å²) in [6, 6.07) is 9.87. The van der Waals surface area contributed by atoms with Crippen molar-refractivity contribution < 1.29 is 4.79 Å². The van der Waals surface area contributed by atoms with Gasteiger partial charge in [0.2, 0.25) is 0 Å². The van der Waals surface area contributed by atoms with Crippen LogP contribution in [0.5, 0.6) is 0 Å². The number of aryl methyl sites for hydroxylation is 1. The Balaban J connectivity index is 1.57. The van der Waals surface area contributed by atoms with E-state index < -0.39 is 17.3 Å². The fraction of sp³-hybridized carbons (Fsp3) is 0.455. The molecule has 2 aromatic heterocycles. The fourth-order valence-electron chi connectivity index (χ4n) is 4.10. The van der Waals surface area contributed by atoms with E-state index in [0.29, 0.717) is 18.0 Å². The van der Waals surface area contributed by atoms with Crippen LogP contribution in [0.2, 0.25) is 0 Å². The van der Waals surface area contributed by atoms with Gasteiger partial charge in [0.1, 0.15) is 5.82 Å². The lowest BCUT2D eigenvalue weighted by Gasteiger charge is -2.34. The van der Waals surface area contributed by atoms with Crippen LogP contribution in [0.3, 0.4) is 0 Å². The lowest BCUT2D eigenvalue weighted by atomic mass is 10.2. The fourth-order valence-corrected chi connectivity index (χ4v) is 4.10. The standard InChI is InChI=1S/C22H28N6O3/c1-15(16(2)29)28-18(23-20-19(28)21(30)24-22(31)25(20)3)14-27-11-9-26(10-12-27)13-17-7-5-4-6-8-17/h4-8,15H,9-14H2,1-3H3,(H,24,30,31)/t15-/m1/s1. The highest BCUT2D eigenvalue weighted by Crippen LogP contribution is 2.20. The Hall–Kier alpha value is -3.04. The summed E-state index contributed by atoms with van der Waals surface area (Å²) in [7, 11) is 1.57. The van der Waals surface area contributed by atoms with Gasteiger partial charge in [0.15, 0.2) is 16.9 Å². The number of carbonyl (C=O) groups is 1. The molecule has 1 saturated heterocycles. The Bertz CT molecular complexity index is 1200. The second-order valence-corrected chi connectivity index (χ2v) is 8.21. The highest BCUT2D eigenvalue weighted by atomic mass is 16.2. The van der Waals surface area contributed by atoms with Crippen LogP contribution in [0.1, 0.15) is 31.3 Å². The molecule has 1 fully saturated rings. The van der Waals surface area contributed by atoms with E-state index in [0.717, 1.165) is 32.7 Å². The molecule has 4 rings (SSSR count). The number of ketones is 1. The monoisotopic (exact) mass is 424 g/mol. The van der Waals surface area contributed by atoms with E-state index in [1.54, 1.807) is 18.5 Å². The number of piperazine rings is 1. The SMILES string of the molecule is CC(=O)[C@@H](C)n1c(CN2CCN(Cc3ccccc3)CC2)nc2c1c(=O)[nH]c(=O)n2C. The van der Waals surface area contributed by atoms with E-state index in [1.807, 2.05) is 6.07 Å². The first kappa shape index (κ1) is 21.2. The molecule has 3 heterocycles. The second kappa shape index (κ2) is 8.60. The highest BCUT2D eigenvalue weighted by Gasteiger charge is 2.25. The van der Waals surface area contributed by atoms with Gasteiger partial charge in [0.25, 0.3) is 5.56 Å². The number of fused-ring (bicyclic) bond motifs is 1. The molecule has 0 amide bonds. The number of nitrogens with one attached hydrogen (secondary N) is 1. The number of nitrogens with zero attached hydrogens (tertiary/aromatic N) is 5. The van der Waals surface area contributed by atoms with Gasteiger partial charge in [-0.1, -0.05) is 30.3 Å². The summed E-state index contributed by atoms with van der Waals surface area (Å²) < 4.78 is 3.01. The maximum atomic E-state index is 12.6. The summed E-state index contributed by atoms with van der Waals surface area (Å²) in [5.41, 5.74) is 0.839. The van der Waals surface area contributed by atoms with Crippen LogP contribution in [0.15, 0.2) is 39.9 Å². The predicted molar refractivity (Wildman–Crippen MR) is 118 cm³/mol. The van der Waals surface area contributed by atoms with Crippen LogP contribution in [0.25, 0.3) is 11.2 Å². The van der Waals surface area contributed by atoms with E-state index in [4.69, 9.17) is 0 Å². The van der Waals surface area contributed by atoms with Crippen molar-refractivity contribution in [1.82, 2.24) is 28.9 Å². The van der Waals surface area contributed by atoms with E-state index in [9.17, 15) is 14.4 Å². The number of hydrogen-bond donors (Lipinski definition) is 1. The molecule has 1 N–H and O–H groups in total. The predicted octanol–water partition coefficient (Wildman–Crippen LogP) is 0.891. The molecule has 1 aromatic carbocycles. The normalized spacial score (nSPS) is 16.6. The first-order valence-electron chi connectivity index (χ1n) is 10.5. The molecule has 0 saturated carbocycles. The van der Waals surface area contributed by atoms with Crippen molar-refractivity contribution in [2.45, 2.75) is 33.0 Å². The Labute approximate surface area is 179 Å². The van der Waals surface area contributed by atoms with E-state index in [1.165, 1.54) is 17.1 Å². The van der Waals surface area contributed by atoms with Crippen molar-refractivity contribution in [3.63, 3.8) is 0 Å². The highest BCUT2D eigenvalue weighted by molar-refractivity contribution is 5.82. The summed E-state index contributed by atoms with van der Waals surface area (Å²) in [6.45, 7) is 8.27. The number of Topliss-reactive ketones (excluding diaryl/α,β-unsaturated/α-hetero) is 1. The first-order valence-corrected chi connectivity index (χ1v) is 10.5. The Kier molecular flexibility index (Phi) is 5.88. The van der Waals surface area contributed by atoms with E-state index in [-0.39, 0.29) is 11.3 Å². The van der Waals surface area contributed by atoms with Crippen molar-refractivity contribution in [1.29, 1.82) is 0 Å². The molecule has 1 atom stereocenters. The number of carbonyl (C=O) groups excluding carboxylic acids is 1. The van der Waals surface area contributed by atoms with Gasteiger partial charge < -0.3 is 4.57 Å². The van der Waals surface area contributed by atoms with E-state index >= 15 is 0 Å². The second-order valence-electron chi connectivity index (χ2n) is 8.21. The third-order valence-corrected chi connectivity index (χ3v) is 6.08. The summed E-state index contributed by atoms with van der Waals surface area (Å²) in [6.07, 6.45) is 0. The molecule has 0 aliphatic carbocycles. The van der Waals surface area contributed by atoms with Gasteiger partial charge in [0, 0.05) is 39.8 Å². The van der Waals surface area contributed by atoms with Crippen molar-refractivity contribution in [2.75, 3.05) is 26.2 Å². The molecular formula is C22H28N6O3. The molecule has 1 aliphatic heterocycles. The smallest absolute Gasteiger partial charge is 0.311 e. The number of rotatable bonds is 6. The molecule has 0 unspecified atom stereocenters. The lowest BCUT2D eigenvalue weighted by molar-refractivity contribution is -0.119. The van der Waals surface area contributed by atoms with Crippen molar-refractivity contribution in [2.24, 2.45) is 7.05 Å². The van der Waals surface area contributed by atoms with Gasteiger partial charge in [0.05, 0.1) is 12.6 Å². The van der Waals surface area contributed by atoms with E-state index in [2.05, 4.69) is 44.0 Å². The zero-order chi connectivity index (χ0) is 22.1. The molecule has 1 aliphatic rings. The maximum absolute atomic E-state index is 12.6. The minimum atomic E-state index is -0.544. The molecular weight excluding hydrogens is 396 g/mol. The van der Waals surface area contributed by atoms with Crippen LogP contribution in [-0.2, 0) is 24.9 Å². The van der Waals surface area contributed by atoms with Crippen molar-refractivity contribution in [3.8, 4) is 0 Å². The largest absolute Gasteiger partial charge is 0.329 e. The third-order valence-electron chi connectivity index (χ3n) is 6.08. The zero-order valence-electron chi connectivity index (χ0n) is 18.2. The van der Waals surface area contributed by atoms with Gasteiger partial charge in [-0.25, -0.2) is 9.78 Å². The van der Waals surface area contributed by atoms with Crippen LogP contribution in [0.4, 0.5) is 0 Å². The van der Waals surface area contributed by atoms with Gasteiger partial charge in [-0.3, -0.25) is 28.9 Å². The molecule has 31 heavy (non-hydrogen) atoms. The first-order chi connectivity index (χ1) is 14.8. The molecule has 164 valence electrons. The molecule has 9 heteroatoms. The third kappa shape index (κ3) is 4.24. The molecule has 0 spiro atoms. The van der Waals surface area contributed by atoms with Gasteiger partial charge in [-0.15, -0.1) is 0 Å². The summed E-state index contributed by atoms with van der Waals surface area (Å²) >= 11 is 0. The lowest BCUT2D eigenvalue weighted by Crippen LogP contribution is -2.45. The number of imidazole rings is 1. The van der Waals surface area contributed by atoms with Crippen LogP contribution in [-0.4, -0.2) is 60.9 Å².